The van der Waals surface area contributed by atoms with Gasteiger partial charge in [0.2, 0.25) is 0 Å². The molecule has 2 aromatic rings. The Bertz CT molecular complexity index is 2580. The molecule has 0 spiro atoms. The molecule has 0 saturated heterocycles. The van der Waals surface area contributed by atoms with Gasteiger partial charge in [0.15, 0.2) is 21.8 Å². The Hall–Kier alpha value is -4.76. The number of carbonyl (C=O) groups excluding carboxylic acids is 8. The summed E-state index contributed by atoms with van der Waals surface area (Å²) >= 11 is 11.1. The summed E-state index contributed by atoms with van der Waals surface area (Å²) in [4.78, 5) is 106. The highest BCUT2D eigenvalue weighted by Crippen LogP contribution is 2.27. The van der Waals surface area contributed by atoms with Gasteiger partial charge in [0.25, 0.3) is 0 Å². The summed E-state index contributed by atoms with van der Waals surface area (Å²) in [6.45, 7) is 29.2. The van der Waals surface area contributed by atoms with Gasteiger partial charge in [-0.05, 0) is 195 Å². The molecule has 0 saturated carbocycles. The number of rotatable bonds is 30. The highest BCUT2D eigenvalue weighted by atomic mass is 32.2. The van der Waals surface area contributed by atoms with Crippen LogP contribution in [0.3, 0.4) is 0 Å². The molecule has 4 N–H and O–H groups in total. The molecule has 0 aromatic heterocycles. The van der Waals surface area contributed by atoms with E-state index < -0.39 is 58.9 Å². The maximum absolute atomic E-state index is 13.2. The summed E-state index contributed by atoms with van der Waals surface area (Å²) in [5.74, 6) is 4.23. The number of ether oxygens (including phenoxy) is 6. The lowest BCUT2D eigenvalue weighted by Gasteiger charge is -2.23. The lowest BCUT2D eigenvalue weighted by Crippen LogP contribution is -2.43. The first-order valence-corrected chi connectivity index (χ1v) is 32.3. The quantitative estimate of drug-likeness (QED) is 0.0140. The van der Waals surface area contributed by atoms with Gasteiger partial charge in [-0.25, -0.2) is 19.2 Å². The first kappa shape index (κ1) is 88.4. The van der Waals surface area contributed by atoms with Crippen molar-refractivity contribution in [1.29, 1.82) is 0 Å². The summed E-state index contributed by atoms with van der Waals surface area (Å²) < 4.78 is 32.9. The summed E-state index contributed by atoms with van der Waals surface area (Å²) in [5, 5.41) is 10.7. The van der Waals surface area contributed by atoms with Crippen molar-refractivity contribution >= 4 is 134 Å². The number of amides is 4. The number of hydrogen-bond acceptors (Lipinski definition) is 20. The van der Waals surface area contributed by atoms with Crippen LogP contribution in [0.15, 0.2) is 46.4 Å². The average Bonchev–Trinajstić information content (AvgIpc) is 3.53. The van der Waals surface area contributed by atoms with E-state index >= 15 is 0 Å². The lowest BCUT2D eigenvalue weighted by molar-refractivity contribution is -0.122. The van der Waals surface area contributed by atoms with Crippen molar-refractivity contribution < 1.29 is 66.8 Å². The monoisotopic (exact) mass is 1360 g/mol. The predicted molar refractivity (Wildman–Crippen MR) is 378 cm³/mol. The topological polar surface area (TPSA) is 265 Å². The smallest absolute Gasteiger partial charge is 0.413 e. The fourth-order valence-corrected chi connectivity index (χ4v) is 9.33. The van der Waals surface area contributed by atoms with Gasteiger partial charge in [0.1, 0.15) is 45.6 Å². The third kappa shape index (κ3) is 46.0. The van der Waals surface area contributed by atoms with Gasteiger partial charge in [-0.1, -0.05) is 43.1 Å². The van der Waals surface area contributed by atoms with Crippen LogP contribution in [0.2, 0.25) is 0 Å². The highest BCUT2D eigenvalue weighted by molar-refractivity contribution is 8.13. The van der Waals surface area contributed by atoms with Crippen molar-refractivity contribution in [1.82, 2.24) is 21.3 Å². The van der Waals surface area contributed by atoms with Crippen LogP contribution in [0.25, 0.3) is 0 Å². The molecular weight excluding hydrogens is 1260 g/mol. The Morgan fingerprint density at radius 2 is 0.809 bits per heavy atom. The number of unbranched alkanes of at least 4 members (excludes halogenated alkanes) is 2. The molecule has 2 unspecified atom stereocenters. The van der Waals surface area contributed by atoms with Crippen LogP contribution < -0.4 is 30.7 Å². The molecular formula is C63H106N6O14S6. The van der Waals surface area contributed by atoms with E-state index in [9.17, 15) is 38.4 Å². The van der Waals surface area contributed by atoms with Gasteiger partial charge in [-0.15, -0.1) is 0 Å². The molecule has 2 rings (SSSR count). The Kier molecular flexibility index (Phi) is 45.2. The van der Waals surface area contributed by atoms with E-state index in [1.54, 1.807) is 96.9 Å². The van der Waals surface area contributed by atoms with E-state index in [0.29, 0.717) is 111 Å². The fraction of sp³-hybridized carbons (Fsp3) is 0.651. The highest BCUT2D eigenvalue weighted by Gasteiger charge is 2.26. The largest absolute Gasteiger partial charge is 0.494 e. The van der Waals surface area contributed by atoms with E-state index in [1.165, 1.54) is 37.4 Å². The maximum Gasteiger partial charge on any atom is 0.413 e. The predicted octanol–water partition coefficient (Wildman–Crippen LogP) is 14.1. The van der Waals surface area contributed by atoms with Crippen molar-refractivity contribution in [2.45, 2.75) is 240 Å². The second kappa shape index (κ2) is 45.5. The number of Topliss-reactive ketones (excluding diaryl/α,β-unsaturated/α-hetero) is 2. The minimum absolute atomic E-state index is 0. The first-order chi connectivity index (χ1) is 40.0. The molecule has 2 atom stereocenters. The van der Waals surface area contributed by atoms with Crippen LogP contribution in [0.1, 0.15) is 205 Å². The normalized spacial score (nSPS) is 12.3. The zero-order valence-corrected chi connectivity index (χ0v) is 60.1. The number of hydrogen-bond donors (Lipinski definition) is 6. The van der Waals surface area contributed by atoms with Crippen molar-refractivity contribution in [3.8, 4) is 11.5 Å². The van der Waals surface area contributed by atoms with Crippen LogP contribution in [0.5, 0.6) is 11.5 Å². The van der Waals surface area contributed by atoms with Crippen molar-refractivity contribution in [2.24, 2.45) is 9.98 Å². The van der Waals surface area contributed by atoms with Gasteiger partial charge < -0.3 is 39.1 Å². The second-order valence-electron chi connectivity index (χ2n) is 24.2. The van der Waals surface area contributed by atoms with Gasteiger partial charge in [-0.2, -0.15) is 52.2 Å². The number of nitrogens with zero attached hydrogens (tertiary/aromatic N) is 2. The Balaban J connectivity index is -0.00000162. The number of ketones is 2. The summed E-state index contributed by atoms with van der Waals surface area (Å²) in [7, 11) is 0. The summed E-state index contributed by atoms with van der Waals surface area (Å²) in [6.07, 6.45) is 2.42. The molecule has 2 aromatic carbocycles. The fourth-order valence-electron chi connectivity index (χ4n) is 7.46. The van der Waals surface area contributed by atoms with Gasteiger partial charge in [-0.3, -0.25) is 39.8 Å². The number of nitrogens with one attached hydrogen (secondary N) is 4. The third-order valence-electron chi connectivity index (χ3n) is 11.3. The van der Waals surface area contributed by atoms with E-state index in [0.717, 1.165) is 28.0 Å². The third-order valence-corrected chi connectivity index (χ3v) is 13.7. The standard InChI is InChI=1S/C33H51N3O8S2.C29H47N3O6S2.CH4.2H2S/c1-22(35-30(40)43-32(4,5)6)34-17-11-10-13-28(36-31(41)44-33(7,8)9)29(39)14-12-18-42-27-16-15-25(20-45-23(2)37)26(19-27)21-46-24(3)38;1-20(31-26(34)37-28(2,3)4)30-15-9-8-11-24(32-27(35)38-29(5,6)7)25(33)12-10-16-36-23-14-13-21(18-39)22(17-23)19-40;;;/h15-16,19,28H,10-14,17-18,20-21H2,1-9H3,(H,36,41)(H,34,35,40);13-14,17,24,39-40H,8-12,15-16,18-19H2,1-7H3,(H,32,35)(H,30,31,34);1H4;2*1H2. The number of aliphatic imine (C=N–C) groups is 2. The molecule has 0 aliphatic carbocycles. The zero-order chi connectivity index (χ0) is 65.3. The minimum Gasteiger partial charge on any atom is -0.494 e. The number of alkyl carbamates (subject to hydrolysis) is 4. The molecule has 4 amide bonds. The minimum atomic E-state index is -0.729. The Morgan fingerprint density at radius 3 is 1.16 bits per heavy atom. The Labute approximate surface area is 564 Å². The van der Waals surface area contributed by atoms with Crippen molar-refractivity contribution in [2.75, 3.05) is 26.3 Å². The van der Waals surface area contributed by atoms with E-state index in [-0.39, 0.29) is 75.7 Å². The molecule has 0 fully saturated rings. The average molecular weight is 1360 g/mol. The van der Waals surface area contributed by atoms with Crippen molar-refractivity contribution in [3.63, 3.8) is 0 Å². The SMILES string of the molecule is C.CC(=NCCCCC(NC(=O)OC(C)(C)C)C(=O)CCCOc1ccc(CS)c(CS)c1)NC(=O)OC(C)(C)C.CC(=O)SCc1ccc(OCCCC(=O)C(CCCCN=C(C)NC(=O)OC(C)(C)C)NC(=O)OC(C)(C)C)cc1CSC(C)=O.S.S. The number of carbonyl (C=O) groups is 8. The van der Waals surface area contributed by atoms with Crippen LogP contribution in [-0.2, 0) is 61.1 Å². The van der Waals surface area contributed by atoms with Crippen LogP contribution in [0.4, 0.5) is 19.2 Å². The molecule has 89 heavy (non-hydrogen) atoms. The van der Waals surface area contributed by atoms with Gasteiger partial charge in [0, 0.05) is 62.8 Å². The number of amidine groups is 2. The number of thioether (sulfide) groups is 2. The number of benzene rings is 2. The molecule has 0 aliphatic rings. The van der Waals surface area contributed by atoms with Gasteiger partial charge >= 0.3 is 24.4 Å². The first-order valence-electron chi connectivity index (χ1n) is 29.0. The molecule has 0 aliphatic heterocycles. The summed E-state index contributed by atoms with van der Waals surface area (Å²) in [6, 6.07) is 9.98. The van der Waals surface area contributed by atoms with E-state index in [1.807, 2.05) is 36.4 Å². The molecule has 0 radical (unpaired) electrons. The number of thiol groups is 2. The molecule has 508 valence electrons. The second-order valence-corrected chi connectivity index (χ2v) is 27.1. The van der Waals surface area contributed by atoms with Gasteiger partial charge in [0.05, 0.1) is 25.3 Å². The van der Waals surface area contributed by atoms with Crippen molar-refractivity contribution in [3.05, 3.63) is 58.7 Å². The summed E-state index contributed by atoms with van der Waals surface area (Å²) in [5.41, 5.74) is 1.48. The molecule has 20 nitrogen and oxygen atoms in total. The zero-order valence-electron chi connectivity index (χ0n) is 54.7. The van der Waals surface area contributed by atoms with Crippen LogP contribution in [0, 0.1) is 0 Å². The molecule has 26 heteroatoms. The molecule has 0 heterocycles. The van der Waals surface area contributed by atoms with Crippen LogP contribution >= 0.6 is 75.8 Å². The molecule has 0 bridgehead atoms. The van der Waals surface area contributed by atoms with E-state index in [4.69, 9.17) is 28.4 Å². The van der Waals surface area contributed by atoms with E-state index in [2.05, 4.69) is 56.5 Å². The Morgan fingerprint density at radius 1 is 0.472 bits per heavy atom. The lowest BCUT2D eigenvalue weighted by atomic mass is 10.0. The van der Waals surface area contributed by atoms with Crippen LogP contribution in [-0.4, -0.2) is 119 Å². The maximum atomic E-state index is 13.2.